The van der Waals surface area contributed by atoms with E-state index in [1.54, 1.807) is 12.1 Å². The van der Waals surface area contributed by atoms with Gasteiger partial charge in [0.1, 0.15) is 24.0 Å². The van der Waals surface area contributed by atoms with E-state index in [1.165, 1.54) is 12.1 Å². The first-order valence-electron chi connectivity index (χ1n) is 9.61. The van der Waals surface area contributed by atoms with Gasteiger partial charge in [-0.05, 0) is 47.9 Å². The van der Waals surface area contributed by atoms with Gasteiger partial charge in [0.2, 0.25) is 0 Å². The number of benzene rings is 4. The molecule has 0 radical (unpaired) electrons. The van der Waals surface area contributed by atoms with E-state index in [4.69, 9.17) is 9.72 Å². The van der Waals surface area contributed by atoms with Gasteiger partial charge in [0.25, 0.3) is 0 Å². The molecule has 5 rings (SSSR count). The van der Waals surface area contributed by atoms with Crippen LogP contribution in [0.5, 0.6) is 5.75 Å². The number of nitrogens with zero attached hydrogens (tertiary/aromatic N) is 2. The van der Waals surface area contributed by atoms with Gasteiger partial charge in [0, 0.05) is 10.9 Å². The van der Waals surface area contributed by atoms with Crippen LogP contribution in [0.4, 0.5) is 4.39 Å². The second-order valence-electron chi connectivity index (χ2n) is 6.91. The molecular formula is C25H19FN2O. The average Bonchev–Trinajstić information content (AvgIpc) is 3.13. The van der Waals surface area contributed by atoms with Gasteiger partial charge in [0.15, 0.2) is 0 Å². The molecule has 0 aliphatic rings. The summed E-state index contributed by atoms with van der Waals surface area (Å²) < 4.78 is 21.7. The van der Waals surface area contributed by atoms with Crippen LogP contribution in [0.15, 0.2) is 91.0 Å². The summed E-state index contributed by atoms with van der Waals surface area (Å²) in [7, 11) is 0. The molecule has 1 heterocycles. The lowest BCUT2D eigenvalue weighted by molar-refractivity contribution is 0.304. The molecule has 29 heavy (non-hydrogen) atoms. The molecule has 0 amide bonds. The predicted molar refractivity (Wildman–Crippen MR) is 115 cm³/mol. The van der Waals surface area contributed by atoms with Crippen LogP contribution in [0.2, 0.25) is 0 Å². The van der Waals surface area contributed by atoms with Crippen molar-refractivity contribution in [3.05, 3.63) is 96.8 Å². The summed E-state index contributed by atoms with van der Waals surface area (Å²) in [5, 5.41) is 2.26. The highest BCUT2D eigenvalue weighted by Crippen LogP contribution is 2.27. The lowest BCUT2D eigenvalue weighted by atomic mass is 10.1. The van der Waals surface area contributed by atoms with E-state index in [1.807, 2.05) is 48.5 Å². The normalized spacial score (nSPS) is 11.2. The molecule has 0 atom stereocenters. The minimum absolute atomic E-state index is 0.254. The van der Waals surface area contributed by atoms with Crippen molar-refractivity contribution in [2.75, 3.05) is 6.61 Å². The Morgan fingerprint density at radius 2 is 1.55 bits per heavy atom. The molecule has 4 heteroatoms. The Morgan fingerprint density at radius 1 is 0.793 bits per heavy atom. The summed E-state index contributed by atoms with van der Waals surface area (Å²) in [6.07, 6.45) is 0. The summed E-state index contributed by atoms with van der Waals surface area (Å²) in [5.74, 6) is 1.43. The number of hydrogen-bond acceptors (Lipinski definition) is 2. The molecule has 5 aromatic rings. The van der Waals surface area contributed by atoms with Crippen molar-refractivity contribution in [3.8, 4) is 17.1 Å². The number of imidazole rings is 1. The largest absolute Gasteiger partial charge is 0.491 e. The Hall–Kier alpha value is -3.66. The van der Waals surface area contributed by atoms with Gasteiger partial charge < -0.3 is 9.30 Å². The third-order valence-electron chi connectivity index (χ3n) is 5.08. The highest BCUT2D eigenvalue weighted by molar-refractivity contribution is 5.88. The number of hydrogen-bond donors (Lipinski definition) is 0. The molecule has 0 bridgehead atoms. The highest BCUT2D eigenvalue weighted by atomic mass is 19.1. The summed E-state index contributed by atoms with van der Waals surface area (Å²) in [4.78, 5) is 4.77. The maximum atomic E-state index is 13.4. The smallest absolute Gasteiger partial charge is 0.141 e. The molecule has 0 spiro atoms. The Bertz CT molecular complexity index is 1290. The zero-order valence-corrected chi connectivity index (χ0v) is 15.8. The van der Waals surface area contributed by atoms with Crippen LogP contribution < -0.4 is 4.74 Å². The summed E-state index contributed by atoms with van der Waals surface area (Å²) in [5.41, 5.74) is 2.83. The van der Waals surface area contributed by atoms with Crippen LogP contribution in [0, 0.1) is 5.82 Å². The minimum atomic E-state index is -0.254. The maximum absolute atomic E-state index is 13.4. The van der Waals surface area contributed by atoms with E-state index in [-0.39, 0.29) is 5.82 Å². The number of rotatable bonds is 5. The molecule has 4 aromatic carbocycles. The number of fused-ring (bicyclic) bond motifs is 2. The highest BCUT2D eigenvalue weighted by Gasteiger charge is 2.13. The molecule has 0 saturated heterocycles. The third-order valence-corrected chi connectivity index (χ3v) is 5.08. The van der Waals surface area contributed by atoms with Crippen molar-refractivity contribution >= 4 is 21.8 Å². The van der Waals surface area contributed by atoms with Crippen molar-refractivity contribution in [3.63, 3.8) is 0 Å². The van der Waals surface area contributed by atoms with Gasteiger partial charge in [0.05, 0.1) is 17.6 Å². The van der Waals surface area contributed by atoms with E-state index >= 15 is 0 Å². The SMILES string of the molecule is Fc1ccc(-c2nc3ccccc3n2CCOc2cccc3ccccc23)cc1. The molecule has 0 aliphatic heterocycles. The Morgan fingerprint density at radius 3 is 2.45 bits per heavy atom. The Balaban J connectivity index is 1.47. The van der Waals surface area contributed by atoms with Crippen molar-refractivity contribution in [2.24, 2.45) is 0 Å². The van der Waals surface area contributed by atoms with Crippen LogP contribution in [-0.4, -0.2) is 16.2 Å². The topological polar surface area (TPSA) is 27.1 Å². The first-order chi connectivity index (χ1) is 14.3. The zero-order chi connectivity index (χ0) is 19.6. The zero-order valence-electron chi connectivity index (χ0n) is 15.8. The number of para-hydroxylation sites is 2. The molecule has 142 valence electrons. The standard InChI is InChI=1S/C25H19FN2O/c26-20-14-12-19(13-15-20)25-27-22-9-3-4-10-23(22)28(25)16-17-29-24-11-5-7-18-6-1-2-8-21(18)24/h1-15H,16-17H2. The molecule has 0 saturated carbocycles. The van der Waals surface area contributed by atoms with Crippen molar-refractivity contribution in [1.82, 2.24) is 9.55 Å². The third kappa shape index (κ3) is 3.34. The first kappa shape index (κ1) is 17.4. The lowest BCUT2D eigenvalue weighted by Crippen LogP contribution is -2.09. The molecule has 0 fully saturated rings. The molecule has 3 nitrogen and oxygen atoms in total. The van der Waals surface area contributed by atoms with Gasteiger partial charge >= 0.3 is 0 Å². The molecular weight excluding hydrogens is 363 g/mol. The Labute approximate surface area is 168 Å². The number of ether oxygens (including phenoxy) is 1. The van der Waals surface area contributed by atoms with Crippen LogP contribution in [0.25, 0.3) is 33.2 Å². The van der Waals surface area contributed by atoms with Crippen LogP contribution in [0.1, 0.15) is 0 Å². The first-order valence-corrected chi connectivity index (χ1v) is 9.61. The quantitative estimate of drug-likeness (QED) is 0.369. The second kappa shape index (κ2) is 7.40. The van der Waals surface area contributed by atoms with E-state index in [0.717, 1.165) is 38.9 Å². The van der Waals surface area contributed by atoms with Crippen LogP contribution in [0.3, 0.4) is 0 Å². The minimum Gasteiger partial charge on any atom is -0.491 e. The number of aromatic nitrogens is 2. The van der Waals surface area contributed by atoms with Gasteiger partial charge in [-0.2, -0.15) is 0 Å². The maximum Gasteiger partial charge on any atom is 0.141 e. The fraction of sp³-hybridized carbons (Fsp3) is 0.0800. The molecule has 0 unspecified atom stereocenters. The van der Waals surface area contributed by atoms with Gasteiger partial charge in [-0.3, -0.25) is 0 Å². The van der Waals surface area contributed by atoms with Gasteiger partial charge in [-0.15, -0.1) is 0 Å². The fourth-order valence-corrected chi connectivity index (χ4v) is 3.69. The second-order valence-corrected chi connectivity index (χ2v) is 6.91. The van der Waals surface area contributed by atoms with Crippen LogP contribution >= 0.6 is 0 Å². The average molecular weight is 382 g/mol. The van der Waals surface area contributed by atoms with Gasteiger partial charge in [-0.25, -0.2) is 9.37 Å². The van der Waals surface area contributed by atoms with E-state index in [9.17, 15) is 4.39 Å². The van der Waals surface area contributed by atoms with E-state index < -0.39 is 0 Å². The monoisotopic (exact) mass is 382 g/mol. The molecule has 0 N–H and O–H groups in total. The van der Waals surface area contributed by atoms with E-state index in [0.29, 0.717) is 13.2 Å². The fourth-order valence-electron chi connectivity index (χ4n) is 3.69. The Kier molecular flexibility index (Phi) is 4.45. The van der Waals surface area contributed by atoms with Crippen molar-refractivity contribution in [1.29, 1.82) is 0 Å². The molecule has 1 aromatic heterocycles. The lowest BCUT2D eigenvalue weighted by Gasteiger charge is -2.12. The van der Waals surface area contributed by atoms with Crippen molar-refractivity contribution in [2.45, 2.75) is 6.54 Å². The summed E-state index contributed by atoms with van der Waals surface area (Å²) in [6, 6.07) is 28.7. The van der Waals surface area contributed by atoms with Gasteiger partial charge in [-0.1, -0.05) is 48.5 Å². The van der Waals surface area contributed by atoms with E-state index in [2.05, 4.69) is 22.8 Å². The number of halogens is 1. The predicted octanol–water partition coefficient (Wildman–Crippen LogP) is 6.07. The molecule has 0 aliphatic carbocycles. The van der Waals surface area contributed by atoms with Crippen molar-refractivity contribution < 1.29 is 9.13 Å². The summed E-state index contributed by atoms with van der Waals surface area (Å²) in [6.45, 7) is 1.14. The van der Waals surface area contributed by atoms with Crippen LogP contribution in [-0.2, 0) is 6.54 Å². The summed E-state index contributed by atoms with van der Waals surface area (Å²) >= 11 is 0.